The number of aromatic nitrogens is 2. The van der Waals surface area contributed by atoms with Gasteiger partial charge in [-0.2, -0.15) is 0 Å². The van der Waals surface area contributed by atoms with E-state index in [0.717, 1.165) is 37.3 Å². The third kappa shape index (κ3) is 3.85. The number of imidazole rings is 1. The minimum Gasteiger partial charge on any atom is -0.335 e. The minimum atomic E-state index is 0.806. The Balaban J connectivity index is 2.02. The van der Waals surface area contributed by atoms with Crippen molar-refractivity contribution < 1.29 is 0 Å². The number of nitrogens with zero attached hydrogens (tertiary/aromatic N) is 2. The summed E-state index contributed by atoms with van der Waals surface area (Å²) in [5.41, 5.74) is 0. The molecule has 1 aliphatic carbocycles. The molecule has 1 aromatic heterocycles. The Morgan fingerprint density at radius 3 is 2.80 bits per heavy atom. The smallest absolute Gasteiger partial charge is 0.108 e. The molecule has 3 heteroatoms. The van der Waals surface area contributed by atoms with Crippen LogP contribution in [0.25, 0.3) is 0 Å². The van der Waals surface area contributed by atoms with Gasteiger partial charge in [-0.3, -0.25) is 0 Å². The van der Waals surface area contributed by atoms with E-state index < -0.39 is 0 Å². The summed E-state index contributed by atoms with van der Waals surface area (Å²) < 4.78 is 2.31. The summed E-state index contributed by atoms with van der Waals surface area (Å²) in [6.07, 6.45) is 10.8. The van der Waals surface area contributed by atoms with Crippen molar-refractivity contribution in [2.24, 2.45) is 17.8 Å². The first-order valence-electron chi connectivity index (χ1n) is 8.49. The molecule has 0 bridgehead atoms. The molecule has 20 heavy (non-hydrogen) atoms. The third-order valence-corrected chi connectivity index (χ3v) is 5.07. The van der Waals surface area contributed by atoms with Gasteiger partial charge in [-0.1, -0.05) is 26.7 Å². The van der Waals surface area contributed by atoms with Crippen LogP contribution >= 0.6 is 0 Å². The minimum absolute atomic E-state index is 0.806. The molecule has 2 rings (SSSR count). The molecule has 114 valence electrons. The average molecular weight is 277 g/mol. The zero-order chi connectivity index (χ0) is 14.4. The summed E-state index contributed by atoms with van der Waals surface area (Å²) in [5, 5.41) is 3.56. The van der Waals surface area contributed by atoms with Gasteiger partial charge < -0.3 is 9.88 Å². The van der Waals surface area contributed by atoms with Crippen LogP contribution in [-0.4, -0.2) is 22.6 Å². The summed E-state index contributed by atoms with van der Waals surface area (Å²) in [6, 6.07) is 0. The molecule has 0 aliphatic heterocycles. The zero-order valence-electron chi connectivity index (χ0n) is 13.4. The van der Waals surface area contributed by atoms with Crippen LogP contribution in [0.2, 0.25) is 0 Å². The second-order valence-electron chi connectivity index (χ2n) is 6.25. The van der Waals surface area contributed by atoms with E-state index in [1.165, 1.54) is 38.1 Å². The first-order chi connectivity index (χ1) is 9.78. The molecule has 3 atom stereocenters. The van der Waals surface area contributed by atoms with Crippen LogP contribution in [0.3, 0.4) is 0 Å². The molecule has 0 saturated heterocycles. The number of hydrogen-bond donors (Lipinski definition) is 1. The summed E-state index contributed by atoms with van der Waals surface area (Å²) in [5.74, 6) is 3.86. The fourth-order valence-corrected chi connectivity index (χ4v) is 3.70. The Bertz CT molecular complexity index is 385. The van der Waals surface area contributed by atoms with Crippen LogP contribution in [-0.2, 0) is 13.0 Å². The number of aryl methyl sites for hydroxylation is 1. The van der Waals surface area contributed by atoms with Crippen LogP contribution in [0.15, 0.2) is 12.4 Å². The summed E-state index contributed by atoms with van der Waals surface area (Å²) in [6.45, 7) is 10.1. The summed E-state index contributed by atoms with van der Waals surface area (Å²) in [4.78, 5) is 4.59. The second kappa shape index (κ2) is 7.82. The van der Waals surface area contributed by atoms with E-state index in [4.69, 9.17) is 0 Å². The summed E-state index contributed by atoms with van der Waals surface area (Å²) >= 11 is 0. The van der Waals surface area contributed by atoms with Gasteiger partial charge in [0, 0.05) is 25.4 Å². The predicted octanol–water partition coefficient (Wildman–Crippen LogP) is 3.50. The van der Waals surface area contributed by atoms with E-state index in [1.807, 2.05) is 6.20 Å². The lowest BCUT2D eigenvalue weighted by atomic mass is 9.71. The fraction of sp³-hybridized carbons (Fsp3) is 0.824. The molecule has 3 nitrogen and oxygen atoms in total. The van der Waals surface area contributed by atoms with Crippen molar-refractivity contribution in [1.29, 1.82) is 0 Å². The maximum absolute atomic E-state index is 4.59. The van der Waals surface area contributed by atoms with Gasteiger partial charge in [0.25, 0.3) is 0 Å². The highest BCUT2D eigenvalue weighted by Crippen LogP contribution is 2.37. The van der Waals surface area contributed by atoms with Crippen LogP contribution in [0.5, 0.6) is 0 Å². The van der Waals surface area contributed by atoms with E-state index in [1.54, 1.807) is 0 Å². The Labute approximate surface area is 124 Å². The molecule has 1 aromatic rings. The van der Waals surface area contributed by atoms with E-state index >= 15 is 0 Å². The van der Waals surface area contributed by atoms with Gasteiger partial charge in [0.15, 0.2) is 0 Å². The number of hydrogen-bond acceptors (Lipinski definition) is 2. The van der Waals surface area contributed by atoms with Crippen LogP contribution in [0.4, 0.5) is 0 Å². The quantitative estimate of drug-likeness (QED) is 0.826. The van der Waals surface area contributed by atoms with Gasteiger partial charge in [0.2, 0.25) is 0 Å². The molecule has 1 saturated carbocycles. The van der Waals surface area contributed by atoms with Crippen molar-refractivity contribution in [2.45, 2.75) is 59.4 Å². The first kappa shape index (κ1) is 15.6. The Morgan fingerprint density at radius 2 is 2.10 bits per heavy atom. The molecule has 1 aliphatic rings. The normalized spacial score (nSPS) is 26.9. The van der Waals surface area contributed by atoms with Crippen molar-refractivity contribution in [1.82, 2.24) is 14.9 Å². The zero-order valence-corrected chi connectivity index (χ0v) is 13.4. The molecular formula is C17H31N3. The van der Waals surface area contributed by atoms with E-state index in [2.05, 4.69) is 41.8 Å². The van der Waals surface area contributed by atoms with E-state index in [9.17, 15) is 0 Å². The molecule has 0 aromatic carbocycles. The van der Waals surface area contributed by atoms with Crippen molar-refractivity contribution in [2.75, 3.05) is 13.1 Å². The van der Waals surface area contributed by atoms with Gasteiger partial charge in [-0.05, 0) is 50.6 Å². The second-order valence-corrected chi connectivity index (χ2v) is 6.25. The van der Waals surface area contributed by atoms with Crippen molar-refractivity contribution in [3.8, 4) is 0 Å². The molecule has 0 radical (unpaired) electrons. The lowest BCUT2D eigenvalue weighted by Gasteiger charge is -2.36. The Kier molecular flexibility index (Phi) is 6.08. The SMILES string of the molecule is CCNCC1CCC(CC)CC1Cc1nccn1CC. The van der Waals surface area contributed by atoms with E-state index in [-0.39, 0.29) is 0 Å². The molecule has 0 amide bonds. The third-order valence-electron chi connectivity index (χ3n) is 5.07. The van der Waals surface area contributed by atoms with Crippen LogP contribution in [0, 0.1) is 17.8 Å². The lowest BCUT2D eigenvalue weighted by Crippen LogP contribution is -2.34. The highest BCUT2D eigenvalue weighted by molar-refractivity contribution is 4.96. The van der Waals surface area contributed by atoms with Crippen molar-refractivity contribution >= 4 is 0 Å². The van der Waals surface area contributed by atoms with Gasteiger partial charge in [0.05, 0.1) is 0 Å². The largest absolute Gasteiger partial charge is 0.335 e. The van der Waals surface area contributed by atoms with Gasteiger partial charge in [0.1, 0.15) is 5.82 Å². The molecule has 0 spiro atoms. The molecule has 1 N–H and O–H groups in total. The van der Waals surface area contributed by atoms with Gasteiger partial charge in [-0.25, -0.2) is 4.98 Å². The standard InChI is InChI=1S/C17H31N3/c1-4-14-7-8-15(13-18-5-2)16(11-14)12-17-19-9-10-20(17)6-3/h9-10,14-16,18H,4-8,11-13H2,1-3H3. The van der Waals surface area contributed by atoms with E-state index in [0.29, 0.717) is 0 Å². The molecule has 3 unspecified atom stereocenters. The lowest BCUT2D eigenvalue weighted by molar-refractivity contribution is 0.169. The van der Waals surface area contributed by atoms with Crippen molar-refractivity contribution in [3.05, 3.63) is 18.2 Å². The molecule has 1 fully saturated rings. The molecular weight excluding hydrogens is 246 g/mol. The van der Waals surface area contributed by atoms with Crippen LogP contribution < -0.4 is 5.32 Å². The highest BCUT2D eigenvalue weighted by Gasteiger charge is 2.30. The summed E-state index contributed by atoms with van der Waals surface area (Å²) in [7, 11) is 0. The monoisotopic (exact) mass is 277 g/mol. The molecule has 1 heterocycles. The Hall–Kier alpha value is -0.830. The maximum atomic E-state index is 4.59. The number of rotatable bonds is 7. The predicted molar refractivity (Wildman–Crippen MR) is 84.8 cm³/mol. The van der Waals surface area contributed by atoms with Gasteiger partial charge in [-0.15, -0.1) is 0 Å². The topological polar surface area (TPSA) is 29.9 Å². The fourth-order valence-electron chi connectivity index (χ4n) is 3.70. The van der Waals surface area contributed by atoms with Crippen molar-refractivity contribution in [3.63, 3.8) is 0 Å². The average Bonchev–Trinajstić information content (AvgIpc) is 2.93. The van der Waals surface area contributed by atoms with Gasteiger partial charge >= 0.3 is 0 Å². The van der Waals surface area contributed by atoms with Crippen LogP contribution in [0.1, 0.15) is 52.3 Å². The Morgan fingerprint density at radius 1 is 1.25 bits per heavy atom. The first-order valence-corrected chi connectivity index (χ1v) is 8.49. The highest BCUT2D eigenvalue weighted by atomic mass is 15.1. The maximum Gasteiger partial charge on any atom is 0.108 e. The number of nitrogens with one attached hydrogen (secondary N) is 1.